The number of nitrogens with zero attached hydrogens (tertiary/aromatic N) is 1. The van der Waals surface area contributed by atoms with Crippen molar-refractivity contribution in [2.75, 3.05) is 26.8 Å². The van der Waals surface area contributed by atoms with E-state index in [1.807, 2.05) is 6.07 Å². The molecule has 3 atom stereocenters. The van der Waals surface area contributed by atoms with E-state index >= 15 is 0 Å². The first-order valence-corrected chi connectivity index (χ1v) is 9.34. The van der Waals surface area contributed by atoms with Crippen LogP contribution in [0.3, 0.4) is 0 Å². The fraction of sp³-hybridized carbons (Fsp3) is 0.700. The van der Waals surface area contributed by atoms with Gasteiger partial charge in [-0.2, -0.15) is 0 Å². The van der Waals surface area contributed by atoms with Gasteiger partial charge in [0.15, 0.2) is 0 Å². The van der Waals surface area contributed by atoms with Crippen LogP contribution in [0.1, 0.15) is 43.2 Å². The number of aliphatic hydroxyl groups excluding tert-OH is 1. The number of likely N-dealkylation sites (tertiary alicyclic amines) is 1. The maximum atomic E-state index is 9.82. The maximum Gasteiger partial charge on any atom is 0.121 e. The molecule has 2 fully saturated rings. The molecule has 1 N–H and O–H groups in total. The molecule has 134 valence electrons. The second-order valence-electron chi connectivity index (χ2n) is 7.25. The van der Waals surface area contributed by atoms with Gasteiger partial charge in [-0.05, 0) is 49.8 Å². The first-order chi connectivity index (χ1) is 11.7. The van der Waals surface area contributed by atoms with E-state index in [4.69, 9.17) is 9.47 Å². The first-order valence-electron chi connectivity index (χ1n) is 9.34. The van der Waals surface area contributed by atoms with Gasteiger partial charge in [0.2, 0.25) is 0 Å². The molecular formula is C20H31NO3. The van der Waals surface area contributed by atoms with Crippen LogP contribution in [-0.2, 0) is 11.2 Å². The third kappa shape index (κ3) is 4.29. The quantitative estimate of drug-likeness (QED) is 0.869. The number of aliphatic hydroxyl groups is 1. The van der Waals surface area contributed by atoms with E-state index in [9.17, 15) is 5.11 Å². The number of hydrogen-bond donors (Lipinski definition) is 1. The Labute approximate surface area is 145 Å². The largest absolute Gasteiger partial charge is 0.496 e. The average Bonchev–Trinajstić information content (AvgIpc) is 3.02. The molecule has 1 saturated carbocycles. The van der Waals surface area contributed by atoms with E-state index in [0.29, 0.717) is 12.1 Å². The Morgan fingerprint density at radius 3 is 2.75 bits per heavy atom. The highest BCUT2D eigenvalue weighted by Gasteiger charge is 2.34. The fourth-order valence-corrected chi connectivity index (χ4v) is 4.18. The molecule has 0 amide bonds. The van der Waals surface area contributed by atoms with Crippen LogP contribution in [0.4, 0.5) is 0 Å². The topological polar surface area (TPSA) is 41.9 Å². The second-order valence-corrected chi connectivity index (χ2v) is 7.25. The molecule has 3 rings (SSSR count). The third-order valence-electron chi connectivity index (χ3n) is 5.51. The molecule has 1 aromatic carbocycles. The summed E-state index contributed by atoms with van der Waals surface area (Å²) in [5.74, 6) is 0.944. The van der Waals surface area contributed by atoms with Gasteiger partial charge < -0.3 is 14.6 Å². The van der Waals surface area contributed by atoms with Gasteiger partial charge in [0.1, 0.15) is 5.75 Å². The SMILES string of the molecule is COc1ccc(CCO[C@H]2CCCC[C@H]2N2CC[C@@H](O)C2)cc1C. The van der Waals surface area contributed by atoms with Crippen molar-refractivity contribution < 1.29 is 14.6 Å². The minimum Gasteiger partial charge on any atom is -0.496 e. The maximum absolute atomic E-state index is 9.82. The summed E-state index contributed by atoms with van der Waals surface area (Å²) in [5, 5.41) is 9.82. The Hall–Kier alpha value is -1.10. The lowest BCUT2D eigenvalue weighted by atomic mass is 9.91. The number of benzene rings is 1. The molecule has 1 aliphatic heterocycles. The molecule has 4 heteroatoms. The van der Waals surface area contributed by atoms with Crippen LogP contribution >= 0.6 is 0 Å². The van der Waals surface area contributed by atoms with E-state index in [1.54, 1.807) is 7.11 Å². The number of rotatable bonds is 6. The van der Waals surface area contributed by atoms with Crippen LogP contribution in [0, 0.1) is 6.92 Å². The molecule has 0 bridgehead atoms. The molecule has 1 aliphatic carbocycles. The molecule has 0 aromatic heterocycles. The predicted molar refractivity (Wildman–Crippen MR) is 95.6 cm³/mol. The zero-order valence-corrected chi connectivity index (χ0v) is 15.0. The Bertz CT molecular complexity index is 534. The summed E-state index contributed by atoms with van der Waals surface area (Å²) in [7, 11) is 1.71. The summed E-state index contributed by atoms with van der Waals surface area (Å²) in [4.78, 5) is 2.45. The van der Waals surface area contributed by atoms with Gasteiger partial charge in [-0.1, -0.05) is 25.0 Å². The highest BCUT2D eigenvalue weighted by Crippen LogP contribution is 2.28. The summed E-state index contributed by atoms with van der Waals surface area (Å²) in [5.41, 5.74) is 2.48. The third-order valence-corrected chi connectivity index (χ3v) is 5.51. The summed E-state index contributed by atoms with van der Waals surface area (Å²) in [6.07, 6.45) is 6.94. The Morgan fingerprint density at radius 2 is 2.04 bits per heavy atom. The smallest absolute Gasteiger partial charge is 0.121 e. The van der Waals surface area contributed by atoms with E-state index in [0.717, 1.165) is 44.7 Å². The van der Waals surface area contributed by atoms with Crippen molar-refractivity contribution in [1.82, 2.24) is 4.90 Å². The van der Waals surface area contributed by atoms with Crippen LogP contribution < -0.4 is 4.74 Å². The molecule has 24 heavy (non-hydrogen) atoms. The lowest BCUT2D eigenvalue weighted by Gasteiger charge is -2.37. The molecule has 2 aliphatic rings. The van der Waals surface area contributed by atoms with Crippen molar-refractivity contribution in [3.63, 3.8) is 0 Å². The van der Waals surface area contributed by atoms with Gasteiger partial charge in [0, 0.05) is 19.1 Å². The van der Waals surface area contributed by atoms with E-state index in [2.05, 4.69) is 24.0 Å². The van der Waals surface area contributed by atoms with Crippen molar-refractivity contribution in [1.29, 1.82) is 0 Å². The van der Waals surface area contributed by atoms with E-state index in [1.165, 1.54) is 30.4 Å². The molecule has 0 radical (unpaired) electrons. The summed E-state index contributed by atoms with van der Waals surface area (Å²) < 4.78 is 11.6. The number of aryl methyl sites for hydroxylation is 1. The van der Waals surface area contributed by atoms with Crippen LogP contribution in [0.15, 0.2) is 18.2 Å². The molecule has 1 saturated heterocycles. The average molecular weight is 333 g/mol. The van der Waals surface area contributed by atoms with E-state index in [-0.39, 0.29) is 6.10 Å². The van der Waals surface area contributed by atoms with Gasteiger partial charge in [-0.3, -0.25) is 4.90 Å². The zero-order chi connectivity index (χ0) is 16.9. The first kappa shape index (κ1) is 17.7. The summed E-state index contributed by atoms with van der Waals surface area (Å²) >= 11 is 0. The van der Waals surface area contributed by atoms with Gasteiger partial charge >= 0.3 is 0 Å². The number of ether oxygens (including phenoxy) is 2. The number of β-amino-alcohol motifs (C(OH)–C–C–N with tert-alkyl or cyclic N) is 1. The minimum atomic E-state index is -0.144. The zero-order valence-electron chi connectivity index (χ0n) is 15.0. The Morgan fingerprint density at radius 1 is 1.21 bits per heavy atom. The fourth-order valence-electron chi connectivity index (χ4n) is 4.18. The molecular weight excluding hydrogens is 302 g/mol. The predicted octanol–water partition coefficient (Wildman–Crippen LogP) is 2.94. The van der Waals surface area contributed by atoms with Gasteiger partial charge in [-0.15, -0.1) is 0 Å². The lowest BCUT2D eigenvalue weighted by Crippen LogP contribution is -2.46. The molecule has 0 unspecified atom stereocenters. The van der Waals surface area contributed by atoms with E-state index < -0.39 is 0 Å². The van der Waals surface area contributed by atoms with Crippen LogP contribution in [0.2, 0.25) is 0 Å². The lowest BCUT2D eigenvalue weighted by molar-refractivity contribution is -0.0316. The molecule has 0 spiro atoms. The second kappa shape index (κ2) is 8.32. The Kier molecular flexibility index (Phi) is 6.14. The number of hydrogen-bond acceptors (Lipinski definition) is 4. The van der Waals surface area contributed by atoms with Crippen molar-refractivity contribution >= 4 is 0 Å². The molecule has 1 aromatic rings. The number of methoxy groups -OCH3 is 1. The highest BCUT2D eigenvalue weighted by atomic mass is 16.5. The van der Waals surface area contributed by atoms with Crippen molar-refractivity contribution in [2.45, 2.75) is 63.7 Å². The standard InChI is InChI=1S/C20H31NO3/c1-15-13-16(7-8-19(15)23-2)10-12-24-20-6-4-3-5-18(20)21-11-9-17(22)14-21/h7-8,13,17-18,20,22H,3-6,9-12,14H2,1-2H3/t17-,18-,20+/m1/s1. The monoisotopic (exact) mass is 333 g/mol. The van der Waals surface area contributed by atoms with Gasteiger partial charge in [-0.25, -0.2) is 0 Å². The van der Waals surface area contributed by atoms with Crippen LogP contribution in [-0.4, -0.2) is 55.1 Å². The molecule has 4 nitrogen and oxygen atoms in total. The van der Waals surface area contributed by atoms with Crippen molar-refractivity contribution in [3.05, 3.63) is 29.3 Å². The van der Waals surface area contributed by atoms with Gasteiger partial charge in [0.25, 0.3) is 0 Å². The summed E-state index contributed by atoms with van der Waals surface area (Å²) in [6, 6.07) is 6.86. The highest BCUT2D eigenvalue weighted by molar-refractivity contribution is 5.36. The van der Waals surface area contributed by atoms with Gasteiger partial charge in [0.05, 0.1) is 25.9 Å². The summed E-state index contributed by atoms with van der Waals surface area (Å²) in [6.45, 7) is 4.69. The normalized spacial score (nSPS) is 28.2. The van der Waals surface area contributed by atoms with Crippen molar-refractivity contribution in [3.8, 4) is 5.75 Å². The van der Waals surface area contributed by atoms with Crippen LogP contribution in [0.5, 0.6) is 5.75 Å². The molecule has 1 heterocycles. The minimum absolute atomic E-state index is 0.144. The van der Waals surface area contributed by atoms with Crippen molar-refractivity contribution in [2.24, 2.45) is 0 Å². The van der Waals surface area contributed by atoms with Crippen LogP contribution in [0.25, 0.3) is 0 Å². The Balaban J connectivity index is 1.51.